The SMILES string of the molecule is OC1(c2ccc(F)cc2)CC2CC1C1CCCC21. The van der Waals surface area contributed by atoms with Crippen LogP contribution in [0.25, 0.3) is 0 Å². The minimum absolute atomic E-state index is 0.218. The summed E-state index contributed by atoms with van der Waals surface area (Å²) in [5.74, 6) is 2.50. The molecule has 4 rings (SSSR count). The molecule has 5 atom stereocenters. The predicted octanol–water partition coefficient (Wildman–Crippen LogP) is 3.47. The smallest absolute Gasteiger partial charge is 0.123 e. The van der Waals surface area contributed by atoms with Crippen molar-refractivity contribution in [1.82, 2.24) is 0 Å². The molecule has 0 aromatic heterocycles. The van der Waals surface area contributed by atoms with E-state index in [1.165, 1.54) is 37.8 Å². The molecule has 1 aromatic rings. The molecule has 1 nitrogen and oxygen atoms in total. The Balaban J connectivity index is 1.71. The van der Waals surface area contributed by atoms with Crippen LogP contribution in [-0.2, 0) is 5.60 Å². The zero-order valence-electron chi connectivity index (χ0n) is 10.5. The van der Waals surface area contributed by atoms with E-state index in [0.717, 1.165) is 23.8 Å². The van der Waals surface area contributed by atoms with Crippen LogP contribution in [0.4, 0.5) is 4.39 Å². The molecule has 96 valence electrons. The van der Waals surface area contributed by atoms with E-state index in [4.69, 9.17) is 0 Å². The van der Waals surface area contributed by atoms with Gasteiger partial charge < -0.3 is 5.11 Å². The first-order valence-electron chi connectivity index (χ1n) is 7.17. The molecule has 3 saturated carbocycles. The van der Waals surface area contributed by atoms with Crippen LogP contribution < -0.4 is 0 Å². The Morgan fingerprint density at radius 1 is 1.11 bits per heavy atom. The van der Waals surface area contributed by atoms with Crippen LogP contribution in [0.5, 0.6) is 0 Å². The third-order valence-corrected chi connectivity index (χ3v) is 5.83. The van der Waals surface area contributed by atoms with E-state index in [1.807, 2.05) is 0 Å². The van der Waals surface area contributed by atoms with Crippen molar-refractivity contribution in [2.24, 2.45) is 23.7 Å². The lowest BCUT2D eigenvalue weighted by Crippen LogP contribution is -2.38. The maximum atomic E-state index is 13.0. The summed E-state index contributed by atoms with van der Waals surface area (Å²) in [5, 5.41) is 11.1. The first-order valence-corrected chi connectivity index (χ1v) is 7.17. The Labute approximate surface area is 107 Å². The van der Waals surface area contributed by atoms with Crippen molar-refractivity contribution in [3.05, 3.63) is 35.6 Å². The van der Waals surface area contributed by atoms with Crippen molar-refractivity contribution in [3.8, 4) is 0 Å². The van der Waals surface area contributed by atoms with Crippen molar-refractivity contribution in [2.75, 3.05) is 0 Å². The molecule has 2 heteroatoms. The Morgan fingerprint density at radius 3 is 2.61 bits per heavy atom. The second-order valence-corrected chi connectivity index (χ2v) is 6.50. The Morgan fingerprint density at radius 2 is 1.83 bits per heavy atom. The third-order valence-electron chi connectivity index (χ3n) is 5.83. The average molecular weight is 246 g/mol. The third kappa shape index (κ3) is 1.30. The number of rotatable bonds is 1. The van der Waals surface area contributed by atoms with Crippen LogP contribution in [0.3, 0.4) is 0 Å². The van der Waals surface area contributed by atoms with E-state index in [2.05, 4.69) is 0 Å². The number of benzene rings is 1. The van der Waals surface area contributed by atoms with Gasteiger partial charge in [-0.15, -0.1) is 0 Å². The van der Waals surface area contributed by atoms with Crippen LogP contribution in [-0.4, -0.2) is 5.11 Å². The van der Waals surface area contributed by atoms with Crippen LogP contribution in [0.2, 0.25) is 0 Å². The van der Waals surface area contributed by atoms with Crippen molar-refractivity contribution in [2.45, 2.75) is 37.7 Å². The van der Waals surface area contributed by atoms with Crippen LogP contribution in [0.15, 0.2) is 24.3 Å². The van der Waals surface area contributed by atoms with E-state index in [9.17, 15) is 9.50 Å². The fourth-order valence-electron chi connectivity index (χ4n) is 5.18. The van der Waals surface area contributed by atoms with Crippen molar-refractivity contribution >= 4 is 0 Å². The highest BCUT2D eigenvalue weighted by Gasteiger charge is 2.60. The summed E-state index contributed by atoms with van der Waals surface area (Å²) in [6.45, 7) is 0. The molecule has 0 radical (unpaired) electrons. The fraction of sp³-hybridized carbons (Fsp3) is 0.625. The highest BCUT2D eigenvalue weighted by atomic mass is 19.1. The van der Waals surface area contributed by atoms with Crippen molar-refractivity contribution in [3.63, 3.8) is 0 Å². The maximum Gasteiger partial charge on any atom is 0.123 e. The maximum absolute atomic E-state index is 13.0. The van der Waals surface area contributed by atoms with Gasteiger partial charge in [0.05, 0.1) is 5.60 Å². The Hall–Kier alpha value is -0.890. The van der Waals surface area contributed by atoms with Gasteiger partial charge in [0.25, 0.3) is 0 Å². The van der Waals surface area contributed by atoms with Crippen LogP contribution in [0, 0.1) is 29.5 Å². The molecule has 0 heterocycles. The van der Waals surface area contributed by atoms with E-state index < -0.39 is 5.60 Å². The standard InChI is InChI=1S/C16H19FO/c17-12-6-4-11(5-7-12)16(18)9-10-8-15(16)14-3-1-2-13(10)14/h4-7,10,13-15,18H,1-3,8-9H2. The minimum atomic E-state index is -0.677. The molecule has 3 fully saturated rings. The van der Waals surface area contributed by atoms with Crippen LogP contribution in [0.1, 0.15) is 37.7 Å². The van der Waals surface area contributed by atoms with E-state index in [0.29, 0.717) is 11.8 Å². The molecule has 5 unspecified atom stereocenters. The lowest BCUT2D eigenvalue weighted by Gasteiger charge is -2.39. The molecule has 2 bridgehead atoms. The van der Waals surface area contributed by atoms with Gasteiger partial charge in [0.1, 0.15) is 5.82 Å². The largest absolute Gasteiger partial charge is 0.385 e. The molecule has 1 aromatic carbocycles. The normalized spacial score (nSPS) is 45.4. The van der Waals surface area contributed by atoms with Crippen molar-refractivity contribution < 1.29 is 9.50 Å². The summed E-state index contributed by atoms with van der Waals surface area (Å²) in [4.78, 5) is 0. The second-order valence-electron chi connectivity index (χ2n) is 6.50. The quantitative estimate of drug-likeness (QED) is 0.804. The van der Waals surface area contributed by atoms with Gasteiger partial charge in [-0.3, -0.25) is 0 Å². The molecular weight excluding hydrogens is 227 g/mol. The lowest BCUT2D eigenvalue weighted by molar-refractivity contribution is -0.0512. The number of hydrogen-bond donors (Lipinski definition) is 1. The molecule has 18 heavy (non-hydrogen) atoms. The van der Waals surface area contributed by atoms with Gasteiger partial charge in [-0.25, -0.2) is 4.39 Å². The van der Waals surface area contributed by atoms with Gasteiger partial charge in [0.15, 0.2) is 0 Å². The zero-order chi connectivity index (χ0) is 12.3. The number of fused-ring (bicyclic) bond motifs is 5. The molecule has 3 aliphatic carbocycles. The molecule has 3 aliphatic rings. The van der Waals surface area contributed by atoms with Gasteiger partial charge in [0.2, 0.25) is 0 Å². The fourth-order valence-corrected chi connectivity index (χ4v) is 5.18. The lowest BCUT2D eigenvalue weighted by atomic mass is 9.70. The minimum Gasteiger partial charge on any atom is -0.385 e. The molecule has 0 spiro atoms. The van der Waals surface area contributed by atoms with Crippen LogP contribution >= 0.6 is 0 Å². The molecular formula is C16H19FO. The summed E-state index contributed by atoms with van der Waals surface area (Å²) in [7, 11) is 0. The van der Waals surface area contributed by atoms with Gasteiger partial charge >= 0.3 is 0 Å². The summed E-state index contributed by atoms with van der Waals surface area (Å²) >= 11 is 0. The van der Waals surface area contributed by atoms with Gasteiger partial charge in [0, 0.05) is 0 Å². The molecule has 0 amide bonds. The highest BCUT2D eigenvalue weighted by molar-refractivity contribution is 5.28. The van der Waals surface area contributed by atoms with Gasteiger partial charge in [-0.05, 0) is 67.1 Å². The van der Waals surface area contributed by atoms with E-state index >= 15 is 0 Å². The summed E-state index contributed by atoms with van der Waals surface area (Å²) < 4.78 is 13.0. The Bertz CT molecular complexity index is 468. The van der Waals surface area contributed by atoms with Crippen molar-refractivity contribution in [1.29, 1.82) is 0 Å². The predicted molar refractivity (Wildman–Crippen MR) is 67.3 cm³/mol. The Kier molecular flexibility index (Phi) is 2.18. The summed E-state index contributed by atoms with van der Waals surface area (Å²) in [6, 6.07) is 6.51. The molecule has 1 N–H and O–H groups in total. The molecule has 0 aliphatic heterocycles. The van der Waals surface area contributed by atoms with Gasteiger partial charge in [-0.1, -0.05) is 18.6 Å². The van der Waals surface area contributed by atoms with E-state index in [-0.39, 0.29) is 5.82 Å². The highest BCUT2D eigenvalue weighted by Crippen LogP contribution is 2.65. The second kappa shape index (κ2) is 3.57. The van der Waals surface area contributed by atoms with E-state index in [1.54, 1.807) is 12.1 Å². The summed E-state index contributed by atoms with van der Waals surface area (Å²) in [5.41, 5.74) is 0.255. The molecule has 0 saturated heterocycles. The number of hydrogen-bond acceptors (Lipinski definition) is 1. The first-order chi connectivity index (χ1) is 8.68. The topological polar surface area (TPSA) is 20.2 Å². The first kappa shape index (κ1) is 11.0. The van der Waals surface area contributed by atoms with Gasteiger partial charge in [-0.2, -0.15) is 0 Å². The number of aliphatic hydroxyl groups is 1. The summed E-state index contributed by atoms with van der Waals surface area (Å²) in [6.07, 6.45) is 6.07. The number of halogens is 1. The monoisotopic (exact) mass is 246 g/mol. The zero-order valence-corrected chi connectivity index (χ0v) is 10.5. The average Bonchev–Trinajstić information content (AvgIpc) is 3.00.